The Balaban J connectivity index is 2.72. The molecular formula is C18H18O4. The molecule has 0 aliphatic carbocycles. The molecule has 114 valence electrons. The van der Waals surface area contributed by atoms with Gasteiger partial charge in [0.25, 0.3) is 0 Å². The van der Waals surface area contributed by atoms with E-state index in [0.29, 0.717) is 0 Å². The van der Waals surface area contributed by atoms with Crippen LogP contribution in [0.3, 0.4) is 0 Å². The van der Waals surface area contributed by atoms with Crippen LogP contribution in [-0.2, 0) is 0 Å². The maximum absolute atomic E-state index is 11.1. The summed E-state index contributed by atoms with van der Waals surface area (Å²) in [5, 5.41) is 18.3. The molecule has 2 aromatic rings. The van der Waals surface area contributed by atoms with Crippen LogP contribution in [0.15, 0.2) is 24.3 Å². The molecule has 4 heteroatoms. The van der Waals surface area contributed by atoms with Crippen molar-refractivity contribution in [1.29, 1.82) is 0 Å². The molecule has 0 aromatic heterocycles. The molecule has 4 nitrogen and oxygen atoms in total. The van der Waals surface area contributed by atoms with E-state index in [4.69, 9.17) is 10.2 Å². The molecule has 2 aromatic carbocycles. The largest absolute Gasteiger partial charge is 0.478 e. The van der Waals surface area contributed by atoms with Gasteiger partial charge < -0.3 is 10.2 Å². The van der Waals surface area contributed by atoms with E-state index in [2.05, 4.69) is 0 Å². The molecule has 0 aliphatic rings. The van der Waals surface area contributed by atoms with Crippen molar-refractivity contribution in [2.24, 2.45) is 0 Å². The van der Waals surface area contributed by atoms with Crippen molar-refractivity contribution in [2.75, 3.05) is 0 Å². The minimum Gasteiger partial charge on any atom is -0.478 e. The number of carboxylic acids is 2. The number of benzene rings is 2. The van der Waals surface area contributed by atoms with Crippen LogP contribution < -0.4 is 0 Å². The van der Waals surface area contributed by atoms with Gasteiger partial charge in [-0.1, -0.05) is 0 Å². The van der Waals surface area contributed by atoms with Gasteiger partial charge in [-0.05, 0) is 85.3 Å². The van der Waals surface area contributed by atoms with Gasteiger partial charge in [0.2, 0.25) is 0 Å². The molecule has 0 saturated carbocycles. The smallest absolute Gasteiger partial charge is 0.335 e. The number of hydrogen-bond acceptors (Lipinski definition) is 2. The normalized spacial score (nSPS) is 10.5. The molecule has 0 saturated heterocycles. The maximum Gasteiger partial charge on any atom is 0.335 e. The molecule has 0 fully saturated rings. The topological polar surface area (TPSA) is 74.6 Å². The zero-order valence-electron chi connectivity index (χ0n) is 13.0. The summed E-state index contributed by atoms with van der Waals surface area (Å²) in [5.74, 6) is -1.90. The third-order valence-electron chi connectivity index (χ3n) is 3.81. The van der Waals surface area contributed by atoms with E-state index in [0.717, 1.165) is 33.4 Å². The summed E-state index contributed by atoms with van der Waals surface area (Å²) in [6.07, 6.45) is 0. The monoisotopic (exact) mass is 298 g/mol. The first-order valence-corrected chi connectivity index (χ1v) is 6.91. The highest BCUT2D eigenvalue weighted by molar-refractivity contribution is 5.92. The second-order valence-corrected chi connectivity index (χ2v) is 5.58. The molecule has 0 amide bonds. The number of hydrogen-bond donors (Lipinski definition) is 2. The fourth-order valence-corrected chi connectivity index (χ4v) is 2.96. The Bertz CT molecular complexity index is 674. The molecule has 0 bridgehead atoms. The van der Waals surface area contributed by atoms with Crippen molar-refractivity contribution in [3.63, 3.8) is 0 Å². The van der Waals surface area contributed by atoms with Crippen LogP contribution in [-0.4, -0.2) is 22.2 Å². The molecule has 0 heterocycles. The van der Waals surface area contributed by atoms with Crippen molar-refractivity contribution in [3.05, 3.63) is 57.6 Å². The highest BCUT2D eigenvalue weighted by Gasteiger charge is 2.16. The maximum atomic E-state index is 11.1. The van der Waals surface area contributed by atoms with Crippen LogP contribution in [0.25, 0.3) is 11.1 Å². The van der Waals surface area contributed by atoms with Crippen LogP contribution in [0.5, 0.6) is 0 Å². The third kappa shape index (κ3) is 2.72. The van der Waals surface area contributed by atoms with Gasteiger partial charge in [-0.2, -0.15) is 0 Å². The predicted molar refractivity (Wildman–Crippen MR) is 84.7 cm³/mol. The van der Waals surface area contributed by atoms with Crippen LogP contribution in [0, 0.1) is 27.7 Å². The van der Waals surface area contributed by atoms with E-state index >= 15 is 0 Å². The molecular weight excluding hydrogens is 280 g/mol. The van der Waals surface area contributed by atoms with Crippen LogP contribution >= 0.6 is 0 Å². The highest BCUT2D eigenvalue weighted by atomic mass is 16.4. The van der Waals surface area contributed by atoms with E-state index < -0.39 is 11.9 Å². The Kier molecular flexibility index (Phi) is 4.04. The van der Waals surface area contributed by atoms with Crippen molar-refractivity contribution in [2.45, 2.75) is 27.7 Å². The summed E-state index contributed by atoms with van der Waals surface area (Å²) in [5.41, 5.74) is 5.93. The SMILES string of the molecule is Cc1cc(C(=O)O)cc(C)c1-c1c(C)cc(C(=O)O)cc1C. The lowest BCUT2D eigenvalue weighted by Crippen LogP contribution is -2.03. The summed E-state index contributed by atoms with van der Waals surface area (Å²) >= 11 is 0. The number of aryl methyl sites for hydroxylation is 4. The van der Waals surface area contributed by atoms with Gasteiger partial charge in [0.1, 0.15) is 0 Å². The molecule has 0 aliphatic heterocycles. The molecule has 0 atom stereocenters. The predicted octanol–water partition coefficient (Wildman–Crippen LogP) is 3.98. The molecule has 2 N–H and O–H groups in total. The van der Waals surface area contributed by atoms with E-state index in [1.165, 1.54) is 0 Å². The first kappa shape index (κ1) is 15.8. The molecule has 22 heavy (non-hydrogen) atoms. The van der Waals surface area contributed by atoms with Crippen LogP contribution in [0.2, 0.25) is 0 Å². The molecule has 0 unspecified atom stereocenters. The van der Waals surface area contributed by atoms with Gasteiger partial charge in [-0.15, -0.1) is 0 Å². The van der Waals surface area contributed by atoms with E-state index in [-0.39, 0.29) is 11.1 Å². The fraction of sp³-hybridized carbons (Fsp3) is 0.222. The van der Waals surface area contributed by atoms with Crippen LogP contribution in [0.4, 0.5) is 0 Å². The van der Waals surface area contributed by atoms with Gasteiger partial charge >= 0.3 is 11.9 Å². The van der Waals surface area contributed by atoms with E-state index in [1.807, 2.05) is 27.7 Å². The average molecular weight is 298 g/mol. The lowest BCUT2D eigenvalue weighted by atomic mass is 9.87. The van der Waals surface area contributed by atoms with E-state index in [1.54, 1.807) is 24.3 Å². The number of carbonyl (C=O) groups is 2. The molecule has 0 radical (unpaired) electrons. The highest BCUT2D eigenvalue weighted by Crippen LogP contribution is 2.34. The minimum atomic E-state index is -0.951. The van der Waals surface area contributed by atoms with Gasteiger partial charge in [-0.3, -0.25) is 0 Å². The van der Waals surface area contributed by atoms with Crippen molar-refractivity contribution in [1.82, 2.24) is 0 Å². The Morgan fingerprint density at radius 2 is 0.864 bits per heavy atom. The first-order valence-electron chi connectivity index (χ1n) is 6.91. The minimum absolute atomic E-state index is 0.260. The number of rotatable bonds is 3. The Labute approximate surface area is 129 Å². The average Bonchev–Trinajstić information content (AvgIpc) is 2.40. The fourth-order valence-electron chi connectivity index (χ4n) is 2.96. The van der Waals surface area contributed by atoms with E-state index in [9.17, 15) is 9.59 Å². The number of aromatic carboxylic acids is 2. The lowest BCUT2D eigenvalue weighted by Gasteiger charge is -2.17. The summed E-state index contributed by atoms with van der Waals surface area (Å²) in [4.78, 5) is 22.3. The quantitative estimate of drug-likeness (QED) is 0.898. The second kappa shape index (κ2) is 5.64. The van der Waals surface area contributed by atoms with Gasteiger partial charge in [0, 0.05) is 0 Å². The summed E-state index contributed by atoms with van der Waals surface area (Å²) in [6, 6.07) is 6.59. The summed E-state index contributed by atoms with van der Waals surface area (Å²) in [6.45, 7) is 7.50. The first-order chi connectivity index (χ1) is 10.2. The summed E-state index contributed by atoms with van der Waals surface area (Å²) < 4.78 is 0. The lowest BCUT2D eigenvalue weighted by molar-refractivity contribution is 0.0686. The molecule has 2 rings (SSSR count). The zero-order valence-corrected chi connectivity index (χ0v) is 13.0. The molecule has 0 spiro atoms. The standard InChI is InChI=1S/C18H18O4/c1-9-5-13(17(19)20)6-10(2)15(9)16-11(3)7-14(18(21)22)8-12(16)4/h5-8H,1-4H3,(H,19,20)(H,21,22). The third-order valence-corrected chi connectivity index (χ3v) is 3.81. The Morgan fingerprint density at radius 1 is 0.636 bits per heavy atom. The van der Waals surface area contributed by atoms with Crippen molar-refractivity contribution < 1.29 is 19.8 Å². The van der Waals surface area contributed by atoms with Crippen molar-refractivity contribution >= 4 is 11.9 Å². The summed E-state index contributed by atoms with van der Waals surface area (Å²) in [7, 11) is 0. The van der Waals surface area contributed by atoms with Gasteiger partial charge in [0.15, 0.2) is 0 Å². The van der Waals surface area contributed by atoms with Crippen LogP contribution in [0.1, 0.15) is 43.0 Å². The Hall–Kier alpha value is -2.62. The number of carboxylic acid groups (broad SMARTS) is 2. The zero-order chi connectivity index (χ0) is 16.6. The van der Waals surface area contributed by atoms with Gasteiger partial charge in [-0.25, -0.2) is 9.59 Å². The second-order valence-electron chi connectivity index (χ2n) is 5.58. The Morgan fingerprint density at radius 3 is 1.05 bits per heavy atom. The van der Waals surface area contributed by atoms with Gasteiger partial charge in [0.05, 0.1) is 11.1 Å². The van der Waals surface area contributed by atoms with Crippen molar-refractivity contribution in [3.8, 4) is 11.1 Å².